The number of rotatable bonds is 2. The van der Waals surface area contributed by atoms with Crippen LogP contribution in [0.4, 0.5) is 0 Å². The summed E-state index contributed by atoms with van der Waals surface area (Å²) in [4.78, 5) is 0. The third-order valence-corrected chi connectivity index (χ3v) is 6.42. The average molecular weight is 509 g/mol. The molecular formula is C22H14BrCl3N2O. The van der Waals surface area contributed by atoms with E-state index in [1.54, 1.807) is 6.07 Å². The van der Waals surface area contributed by atoms with Crippen LogP contribution in [-0.2, 0) is 0 Å². The van der Waals surface area contributed by atoms with E-state index in [1.165, 1.54) is 0 Å². The van der Waals surface area contributed by atoms with E-state index in [0.717, 1.165) is 33.3 Å². The third-order valence-electron chi connectivity index (χ3n) is 5.14. The largest absolute Gasteiger partial charge is 0.463 e. The molecule has 0 fully saturated rings. The predicted molar refractivity (Wildman–Crippen MR) is 121 cm³/mol. The Hall–Kier alpha value is -1.72. The van der Waals surface area contributed by atoms with Gasteiger partial charge in [0.05, 0.1) is 16.8 Å². The Kier molecular flexibility index (Phi) is 4.99. The van der Waals surface area contributed by atoms with Crippen molar-refractivity contribution < 1.29 is 4.74 Å². The van der Waals surface area contributed by atoms with Gasteiger partial charge in [0.2, 0.25) is 6.23 Å². The van der Waals surface area contributed by atoms with Crippen molar-refractivity contribution in [2.24, 2.45) is 5.10 Å². The number of hydrogen-bond donors (Lipinski definition) is 0. The monoisotopic (exact) mass is 506 g/mol. The fourth-order valence-corrected chi connectivity index (χ4v) is 4.72. The van der Waals surface area contributed by atoms with Crippen LogP contribution < -0.4 is 4.74 Å². The maximum atomic E-state index is 6.49. The van der Waals surface area contributed by atoms with Gasteiger partial charge in [0.25, 0.3) is 0 Å². The minimum atomic E-state index is -0.406. The Labute approximate surface area is 192 Å². The van der Waals surface area contributed by atoms with E-state index < -0.39 is 6.23 Å². The molecule has 0 aromatic heterocycles. The van der Waals surface area contributed by atoms with Crippen molar-refractivity contribution in [1.82, 2.24) is 5.01 Å². The van der Waals surface area contributed by atoms with Crippen molar-refractivity contribution in [3.05, 3.63) is 96.9 Å². The third kappa shape index (κ3) is 3.53. The number of halogens is 4. The van der Waals surface area contributed by atoms with Crippen molar-refractivity contribution in [2.45, 2.75) is 18.7 Å². The number of benzene rings is 3. The summed E-state index contributed by atoms with van der Waals surface area (Å²) >= 11 is 22.4. The lowest BCUT2D eigenvalue weighted by molar-refractivity contribution is -0.0189. The lowest BCUT2D eigenvalue weighted by Gasteiger charge is -2.38. The highest BCUT2D eigenvalue weighted by Crippen LogP contribution is 2.50. The molecule has 5 rings (SSSR count). The Bertz CT molecular complexity index is 1120. The molecule has 0 radical (unpaired) electrons. The maximum absolute atomic E-state index is 6.49. The molecule has 2 atom stereocenters. The molecule has 0 saturated heterocycles. The van der Waals surface area contributed by atoms with Crippen molar-refractivity contribution in [3.8, 4) is 5.75 Å². The molecule has 0 amide bonds. The van der Waals surface area contributed by atoms with Crippen LogP contribution in [0.25, 0.3) is 0 Å². The molecule has 0 N–H and O–H groups in total. The summed E-state index contributed by atoms with van der Waals surface area (Å²) in [6.07, 6.45) is 0.329. The molecule has 146 valence electrons. The first kappa shape index (κ1) is 19.3. The van der Waals surface area contributed by atoms with E-state index >= 15 is 0 Å². The molecular weight excluding hydrogens is 495 g/mol. The number of fused-ring (bicyclic) bond motifs is 3. The Morgan fingerprint density at radius 2 is 1.66 bits per heavy atom. The molecule has 7 heteroatoms. The van der Waals surface area contributed by atoms with Gasteiger partial charge in [0.1, 0.15) is 5.75 Å². The van der Waals surface area contributed by atoms with Crippen molar-refractivity contribution in [1.29, 1.82) is 0 Å². The highest BCUT2D eigenvalue weighted by Gasteiger charge is 2.42. The van der Waals surface area contributed by atoms with Gasteiger partial charge in [-0.05, 0) is 42.0 Å². The summed E-state index contributed by atoms with van der Waals surface area (Å²) in [5.74, 6) is 0.657. The van der Waals surface area contributed by atoms with Crippen LogP contribution in [-0.4, -0.2) is 10.7 Å². The van der Waals surface area contributed by atoms with E-state index in [9.17, 15) is 0 Å². The minimum absolute atomic E-state index is 0.0192. The zero-order valence-corrected chi connectivity index (χ0v) is 18.8. The predicted octanol–water partition coefficient (Wildman–Crippen LogP) is 7.65. The first-order valence-electron chi connectivity index (χ1n) is 9.02. The van der Waals surface area contributed by atoms with Crippen LogP contribution in [0.5, 0.6) is 5.75 Å². The minimum Gasteiger partial charge on any atom is -0.463 e. The quantitative estimate of drug-likeness (QED) is 0.355. The Balaban J connectivity index is 1.62. The second-order valence-corrected chi connectivity index (χ2v) is 9.18. The van der Waals surface area contributed by atoms with Gasteiger partial charge in [-0.3, -0.25) is 0 Å². The molecule has 29 heavy (non-hydrogen) atoms. The fraction of sp³-hybridized carbons (Fsp3) is 0.136. The Morgan fingerprint density at radius 3 is 2.38 bits per heavy atom. The SMILES string of the molecule is Clc1ccc(C2Oc3c(Cl)cc(Cl)cc3C3CC(c4ccc(Br)cc4)=NN32)cc1. The number of hydrazone groups is 1. The first-order chi connectivity index (χ1) is 14.0. The second-order valence-electron chi connectivity index (χ2n) is 6.98. The van der Waals surface area contributed by atoms with Crippen LogP contribution >= 0.6 is 50.7 Å². The molecule has 3 aromatic rings. The average Bonchev–Trinajstić information content (AvgIpc) is 3.14. The van der Waals surface area contributed by atoms with Gasteiger partial charge in [0.15, 0.2) is 0 Å². The van der Waals surface area contributed by atoms with Gasteiger partial charge >= 0.3 is 0 Å². The molecule has 2 aliphatic rings. The molecule has 2 heterocycles. The maximum Gasteiger partial charge on any atom is 0.213 e. The molecule has 0 bridgehead atoms. The van der Waals surface area contributed by atoms with E-state index in [0.29, 0.717) is 20.8 Å². The van der Waals surface area contributed by atoms with Crippen LogP contribution in [0.3, 0.4) is 0 Å². The van der Waals surface area contributed by atoms with E-state index in [-0.39, 0.29) is 6.04 Å². The number of ether oxygens (including phenoxy) is 1. The van der Waals surface area contributed by atoms with Gasteiger partial charge in [-0.25, -0.2) is 5.01 Å². The lowest BCUT2D eigenvalue weighted by atomic mass is 9.96. The second kappa shape index (κ2) is 7.51. The van der Waals surface area contributed by atoms with Crippen LogP contribution in [0.15, 0.2) is 70.2 Å². The summed E-state index contributed by atoms with van der Waals surface area (Å²) in [5, 5.41) is 8.69. The van der Waals surface area contributed by atoms with Gasteiger partial charge in [-0.15, -0.1) is 0 Å². The topological polar surface area (TPSA) is 24.8 Å². The lowest BCUT2D eigenvalue weighted by Crippen LogP contribution is -2.33. The van der Waals surface area contributed by atoms with Crippen molar-refractivity contribution in [2.75, 3.05) is 0 Å². The standard InChI is InChI=1S/C22H14BrCl3N2O/c23-14-5-1-12(2-6-14)19-11-20-17-9-16(25)10-18(26)21(17)29-22(28(20)27-19)13-3-7-15(24)8-4-13/h1-10,20,22H,11H2. The molecule has 2 unspecified atom stereocenters. The summed E-state index contributed by atoms with van der Waals surface area (Å²) in [5.41, 5.74) is 3.97. The van der Waals surface area contributed by atoms with Gasteiger partial charge in [0, 0.05) is 32.1 Å². The summed E-state index contributed by atoms with van der Waals surface area (Å²) in [6, 6.07) is 19.4. The molecule has 0 saturated carbocycles. The van der Waals surface area contributed by atoms with Crippen molar-refractivity contribution in [3.63, 3.8) is 0 Å². The smallest absolute Gasteiger partial charge is 0.213 e. The number of hydrogen-bond acceptors (Lipinski definition) is 3. The summed E-state index contributed by atoms with van der Waals surface area (Å²) in [6.45, 7) is 0. The highest BCUT2D eigenvalue weighted by molar-refractivity contribution is 9.10. The molecule has 3 aromatic carbocycles. The van der Waals surface area contributed by atoms with E-state index in [1.807, 2.05) is 47.5 Å². The summed E-state index contributed by atoms with van der Waals surface area (Å²) in [7, 11) is 0. The summed E-state index contributed by atoms with van der Waals surface area (Å²) < 4.78 is 7.37. The van der Waals surface area contributed by atoms with Gasteiger partial charge in [-0.2, -0.15) is 5.10 Å². The zero-order chi connectivity index (χ0) is 20.1. The van der Waals surface area contributed by atoms with Crippen LogP contribution in [0, 0.1) is 0 Å². The first-order valence-corrected chi connectivity index (χ1v) is 10.9. The van der Waals surface area contributed by atoms with Gasteiger partial charge in [-0.1, -0.05) is 75.0 Å². The molecule has 2 aliphatic heterocycles. The van der Waals surface area contributed by atoms with E-state index in [2.05, 4.69) is 28.1 Å². The van der Waals surface area contributed by atoms with Crippen molar-refractivity contribution >= 4 is 56.4 Å². The number of nitrogens with zero attached hydrogens (tertiary/aromatic N) is 2. The van der Waals surface area contributed by atoms with E-state index in [4.69, 9.17) is 44.6 Å². The fourth-order valence-electron chi connectivity index (χ4n) is 3.78. The normalized spacial score (nSPS) is 20.0. The molecule has 0 aliphatic carbocycles. The van der Waals surface area contributed by atoms with Crippen LogP contribution in [0.2, 0.25) is 15.1 Å². The van der Waals surface area contributed by atoms with Gasteiger partial charge < -0.3 is 4.74 Å². The molecule has 3 nitrogen and oxygen atoms in total. The van der Waals surface area contributed by atoms with Crippen LogP contribution in [0.1, 0.15) is 35.4 Å². The highest BCUT2D eigenvalue weighted by atomic mass is 79.9. The Morgan fingerprint density at radius 1 is 0.931 bits per heavy atom. The molecule has 0 spiro atoms. The zero-order valence-electron chi connectivity index (χ0n) is 14.9.